The van der Waals surface area contributed by atoms with E-state index in [4.69, 9.17) is 0 Å². The van der Waals surface area contributed by atoms with Crippen LogP contribution in [0.2, 0.25) is 0 Å². The summed E-state index contributed by atoms with van der Waals surface area (Å²) in [5, 5.41) is 3.57. The van der Waals surface area contributed by atoms with E-state index in [0.29, 0.717) is 0 Å². The topological polar surface area (TPSA) is 12.0 Å². The van der Waals surface area contributed by atoms with Crippen LogP contribution in [0, 0.1) is 0 Å². The van der Waals surface area contributed by atoms with Crippen molar-refractivity contribution in [3.63, 3.8) is 0 Å². The average molecular weight is 223 g/mol. The molecule has 0 spiro atoms. The minimum atomic E-state index is 0.876. The van der Waals surface area contributed by atoms with Crippen LogP contribution in [0.3, 0.4) is 0 Å². The Hall–Kier alpha value is 0.690. The molecule has 0 saturated carbocycles. The van der Waals surface area contributed by atoms with Crippen molar-refractivity contribution in [2.24, 2.45) is 0 Å². The van der Waals surface area contributed by atoms with Crippen molar-refractivity contribution in [1.82, 2.24) is 5.32 Å². The predicted octanol–water partition coefficient (Wildman–Crippen LogP) is 1.31. The van der Waals surface area contributed by atoms with Gasteiger partial charge in [0.2, 0.25) is 0 Å². The Morgan fingerprint density at radius 3 is 2.50 bits per heavy atom. The van der Waals surface area contributed by atoms with Crippen molar-refractivity contribution < 1.29 is 0 Å². The smallest absolute Gasteiger partial charge is 0.0278 e. The summed E-state index contributed by atoms with van der Waals surface area (Å²) in [6.07, 6.45) is 4.29. The molecule has 46 valence electrons. The zero-order valence-electron chi connectivity index (χ0n) is 4.73. The van der Waals surface area contributed by atoms with E-state index in [0.717, 1.165) is 16.0 Å². The molecule has 1 nitrogen and oxygen atoms in total. The van der Waals surface area contributed by atoms with Crippen LogP contribution in [-0.2, 0) is 0 Å². The van der Waals surface area contributed by atoms with Gasteiger partial charge in [-0.15, -0.1) is 0 Å². The second kappa shape index (κ2) is 1.84. The lowest BCUT2D eigenvalue weighted by molar-refractivity contribution is 0.600. The van der Waals surface area contributed by atoms with Crippen LogP contribution in [0.25, 0.3) is 0 Å². The molecule has 2 aliphatic rings. The molecule has 2 heteroatoms. The number of hydrogen-bond donors (Lipinski definition) is 1. The van der Waals surface area contributed by atoms with Gasteiger partial charge in [0.15, 0.2) is 0 Å². The van der Waals surface area contributed by atoms with Gasteiger partial charge in [0.25, 0.3) is 0 Å². The second-order valence-corrected chi connectivity index (χ2v) is 4.40. The molecule has 0 aromatic rings. The van der Waals surface area contributed by atoms with E-state index >= 15 is 0 Å². The lowest BCUT2D eigenvalue weighted by atomic mass is 10.0. The normalized spacial score (nSPS) is 52.9. The van der Waals surface area contributed by atoms with Crippen LogP contribution in [0.5, 0.6) is 0 Å². The molecule has 1 N–H and O–H groups in total. The van der Waals surface area contributed by atoms with Crippen LogP contribution in [0.4, 0.5) is 0 Å². The van der Waals surface area contributed by atoms with E-state index in [2.05, 4.69) is 27.9 Å². The van der Waals surface area contributed by atoms with Gasteiger partial charge in [0.1, 0.15) is 0 Å². The van der Waals surface area contributed by atoms with Gasteiger partial charge in [-0.2, -0.15) is 0 Å². The maximum Gasteiger partial charge on any atom is 0.0278 e. The third-order valence-corrected chi connectivity index (χ3v) is 3.60. The molecular weight excluding hydrogens is 213 g/mol. The quantitative estimate of drug-likeness (QED) is 0.482. The molecule has 2 rings (SSSR count). The maximum absolute atomic E-state index is 3.57. The van der Waals surface area contributed by atoms with Crippen LogP contribution < -0.4 is 5.32 Å². The van der Waals surface area contributed by atoms with Gasteiger partial charge < -0.3 is 5.32 Å². The van der Waals surface area contributed by atoms with Crippen molar-refractivity contribution in [3.05, 3.63) is 0 Å². The van der Waals surface area contributed by atoms with Crippen molar-refractivity contribution in [1.29, 1.82) is 0 Å². The summed E-state index contributed by atoms with van der Waals surface area (Å²) in [7, 11) is 0. The van der Waals surface area contributed by atoms with Gasteiger partial charge in [-0.1, -0.05) is 22.6 Å². The molecule has 2 saturated heterocycles. The summed E-state index contributed by atoms with van der Waals surface area (Å²) in [5.74, 6) is 0. The summed E-state index contributed by atoms with van der Waals surface area (Å²) in [6.45, 7) is 0. The number of rotatable bonds is 0. The van der Waals surface area contributed by atoms with E-state index in [-0.39, 0.29) is 0 Å². The molecular formula is C6H10IN. The third-order valence-electron chi connectivity index (χ3n) is 2.22. The summed E-state index contributed by atoms with van der Waals surface area (Å²) >= 11 is 2.56. The lowest BCUT2D eigenvalue weighted by Gasteiger charge is -2.11. The Balaban J connectivity index is 2.11. The van der Waals surface area contributed by atoms with E-state index < -0.39 is 0 Å². The highest BCUT2D eigenvalue weighted by Crippen LogP contribution is 2.32. The van der Waals surface area contributed by atoms with Crippen molar-refractivity contribution >= 4 is 22.6 Å². The minimum absolute atomic E-state index is 0.876. The highest BCUT2D eigenvalue weighted by atomic mass is 127. The highest BCUT2D eigenvalue weighted by molar-refractivity contribution is 14.1. The predicted molar refractivity (Wildman–Crippen MR) is 42.4 cm³/mol. The first kappa shape index (κ1) is 5.47. The Morgan fingerprint density at radius 2 is 2.25 bits per heavy atom. The summed E-state index contributed by atoms with van der Waals surface area (Å²) in [5.41, 5.74) is 0. The first-order valence-corrected chi connectivity index (χ1v) is 4.51. The molecule has 2 bridgehead atoms. The maximum atomic E-state index is 3.57. The fourth-order valence-corrected chi connectivity index (χ4v) is 2.94. The van der Waals surface area contributed by atoms with E-state index in [1.165, 1.54) is 19.3 Å². The van der Waals surface area contributed by atoms with Crippen LogP contribution in [-0.4, -0.2) is 16.0 Å². The molecule has 8 heavy (non-hydrogen) atoms. The number of fused-ring (bicyclic) bond motifs is 2. The van der Waals surface area contributed by atoms with E-state index in [1.807, 2.05) is 0 Å². The largest absolute Gasteiger partial charge is 0.310 e. The molecule has 0 aliphatic carbocycles. The van der Waals surface area contributed by atoms with Crippen LogP contribution in [0.1, 0.15) is 19.3 Å². The number of alkyl halides is 1. The molecule has 0 amide bonds. The fraction of sp³-hybridized carbons (Fsp3) is 1.00. The molecule has 2 heterocycles. The van der Waals surface area contributed by atoms with Crippen LogP contribution in [0.15, 0.2) is 0 Å². The SMILES string of the molecule is IC1CC2CCC1N2. The highest BCUT2D eigenvalue weighted by Gasteiger charge is 2.36. The van der Waals surface area contributed by atoms with Crippen molar-refractivity contribution in [3.8, 4) is 0 Å². The van der Waals surface area contributed by atoms with Crippen LogP contribution >= 0.6 is 22.6 Å². The molecule has 3 atom stereocenters. The minimum Gasteiger partial charge on any atom is -0.310 e. The first-order chi connectivity index (χ1) is 3.86. The Morgan fingerprint density at radius 1 is 1.38 bits per heavy atom. The zero-order chi connectivity index (χ0) is 5.56. The zero-order valence-corrected chi connectivity index (χ0v) is 6.89. The van der Waals surface area contributed by atoms with Crippen molar-refractivity contribution in [2.75, 3.05) is 0 Å². The number of nitrogens with one attached hydrogen (secondary N) is 1. The Labute approximate surface area is 63.4 Å². The molecule has 3 unspecified atom stereocenters. The summed E-state index contributed by atoms with van der Waals surface area (Å²) in [6, 6.07) is 1.77. The monoisotopic (exact) mass is 223 g/mol. The molecule has 0 radical (unpaired) electrons. The molecule has 0 aromatic heterocycles. The van der Waals surface area contributed by atoms with E-state index in [1.54, 1.807) is 0 Å². The van der Waals surface area contributed by atoms with Gasteiger partial charge in [0, 0.05) is 16.0 Å². The van der Waals surface area contributed by atoms with Crippen molar-refractivity contribution in [2.45, 2.75) is 35.3 Å². The van der Waals surface area contributed by atoms with Gasteiger partial charge in [0.05, 0.1) is 0 Å². The Bertz CT molecular complexity index is 103. The van der Waals surface area contributed by atoms with Gasteiger partial charge >= 0.3 is 0 Å². The number of hydrogen-bond acceptors (Lipinski definition) is 1. The van der Waals surface area contributed by atoms with E-state index in [9.17, 15) is 0 Å². The second-order valence-electron chi connectivity index (χ2n) is 2.80. The van der Waals surface area contributed by atoms with Gasteiger partial charge in [-0.25, -0.2) is 0 Å². The van der Waals surface area contributed by atoms with Gasteiger partial charge in [-0.3, -0.25) is 0 Å². The standard InChI is InChI=1S/C6H10IN/c7-5-3-4-1-2-6(5)8-4/h4-6,8H,1-3H2. The lowest BCUT2D eigenvalue weighted by Crippen LogP contribution is -2.22. The molecule has 2 fully saturated rings. The summed E-state index contributed by atoms with van der Waals surface area (Å²) < 4.78 is 0.936. The average Bonchev–Trinajstić information content (AvgIpc) is 2.23. The number of halogens is 1. The third kappa shape index (κ3) is 0.692. The van der Waals surface area contributed by atoms with Gasteiger partial charge in [-0.05, 0) is 19.3 Å². The molecule has 0 aromatic carbocycles. The Kier molecular flexibility index (Phi) is 1.26. The summed E-state index contributed by atoms with van der Waals surface area (Å²) in [4.78, 5) is 0. The molecule has 2 aliphatic heterocycles. The first-order valence-electron chi connectivity index (χ1n) is 3.26. The fourth-order valence-electron chi connectivity index (χ4n) is 1.76.